The third kappa shape index (κ3) is 4.08. The minimum Gasteiger partial charge on any atom is -0.480 e. The first kappa shape index (κ1) is 12.8. The smallest absolute Gasteiger partial charge is 0.320 e. The van der Waals surface area contributed by atoms with Crippen molar-refractivity contribution in [3.63, 3.8) is 0 Å². The highest BCUT2D eigenvalue weighted by atomic mass is 16.4. The average molecular weight is 226 g/mol. The van der Waals surface area contributed by atoms with Crippen LogP contribution in [0.25, 0.3) is 10.4 Å². The standard InChI is InChI=1S/C10H18N4O2/c11-14-13-7-6-12-9(10(15)16)8-4-2-1-3-5-8/h8-9,12H,1-7H2,(H,15,16). The molecule has 0 saturated heterocycles. The fourth-order valence-electron chi connectivity index (χ4n) is 2.24. The van der Waals surface area contributed by atoms with Crippen molar-refractivity contribution in [3.8, 4) is 0 Å². The number of hydrogen-bond acceptors (Lipinski definition) is 3. The van der Waals surface area contributed by atoms with E-state index in [1.807, 2.05) is 0 Å². The summed E-state index contributed by atoms with van der Waals surface area (Å²) in [4.78, 5) is 13.7. The second kappa shape index (κ2) is 7.09. The van der Waals surface area contributed by atoms with E-state index in [2.05, 4.69) is 15.3 Å². The van der Waals surface area contributed by atoms with Crippen LogP contribution in [0.5, 0.6) is 0 Å². The molecule has 1 atom stereocenters. The van der Waals surface area contributed by atoms with E-state index in [9.17, 15) is 4.79 Å². The molecule has 1 saturated carbocycles. The normalized spacial score (nSPS) is 18.8. The first-order valence-corrected chi connectivity index (χ1v) is 5.72. The van der Waals surface area contributed by atoms with Crippen LogP contribution in [0, 0.1) is 5.92 Å². The quantitative estimate of drug-likeness (QED) is 0.313. The van der Waals surface area contributed by atoms with E-state index in [1.165, 1.54) is 6.42 Å². The number of carbonyl (C=O) groups is 1. The van der Waals surface area contributed by atoms with Gasteiger partial charge in [-0.05, 0) is 24.3 Å². The lowest BCUT2D eigenvalue weighted by Gasteiger charge is -2.27. The van der Waals surface area contributed by atoms with Crippen LogP contribution in [0.15, 0.2) is 5.11 Å². The van der Waals surface area contributed by atoms with E-state index in [4.69, 9.17) is 10.6 Å². The van der Waals surface area contributed by atoms with Crippen molar-refractivity contribution in [2.75, 3.05) is 13.1 Å². The largest absolute Gasteiger partial charge is 0.480 e. The molecule has 6 nitrogen and oxygen atoms in total. The summed E-state index contributed by atoms with van der Waals surface area (Å²) in [6.45, 7) is 0.727. The lowest BCUT2D eigenvalue weighted by molar-refractivity contribution is -0.141. The number of carboxylic acids is 1. The molecule has 0 radical (unpaired) electrons. The van der Waals surface area contributed by atoms with E-state index >= 15 is 0 Å². The number of nitrogens with one attached hydrogen (secondary N) is 1. The Morgan fingerprint density at radius 1 is 1.50 bits per heavy atom. The summed E-state index contributed by atoms with van der Waals surface area (Å²) < 4.78 is 0. The van der Waals surface area contributed by atoms with Gasteiger partial charge in [-0.15, -0.1) is 0 Å². The zero-order valence-electron chi connectivity index (χ0n) is 9.30. The lowest BCUT2D eigenvalue weighted by Crippen LogP contribution is -2.44. The molecule has 2 N–H and O–H groups in total. The van der Waals surface area contributed by atoms with Crippen molar-refractivity contribution in [2.24, 2.45) is 11.0 Å². The summed E-state index contributed by atoms with van der Waals surface area (Å²) in [5.41, 5.74) is 8.10. The minimum absolute atomic E-state index is 0.220. The summed E-state index contributed by atoms with van der Waals surface area (Å²) in [5, 5.41) is 15.4. The number of hydrogen-bond donors (Lipinski definition) is 2. The molecule has 1 unspecified atom stereocenters. The molecule has 16 heavy (non-hydrogen) atoms. The van der Waals surface area contributed by atoms with Crippen LogP contribution in [0.2, 0.25) is 0 Å². The zero-order valence-corrected chi connectivity index (χ0v) is 9.30. The molecule has 0 aromatic rings. The van der Waals surface area contributed by atoms with Gasteiger partial charge in [-0.1, -0.05) is 24.4 Å². The Labute approximate surface area is 94.7 Å². The molecule has 0 spiro atoms. The molecule has 0 heterocycles. The maximum atomic E-state index is 11.1. The van der Waals surface area contributed by atoms with Crippen molar-refractivity contribution in [1.82, 2.24) is 5.32 Å². The van der Waals surface area contributed by atoms with Crippen LogP contribution in [-0.2, 0) is 4.79 Å². The number of aliphatic carboxylic acids is 1. The molecule has 1 rings (SSSR count). The van der Waals surface area contributed by atoms with Crippen molar-refractivity contribution in [3.05, 3.63) is 10.4 Å². The molecule has 1 aliphatic rings. The van der Waals surface area contributed by atoms with Crippen LogP contribution in [-0.4, -0.2) is 30.2 Å². The highest BCUT2D eigenvalue weighted by Gasteiger charge is 2.28. The summed E-state index contributed by atoms with van der Waals surface area (Å²) in [7, 11) is 0. The molecule has 0 aromatic carbocycles. The fraction of sp³-hybridized carbons (Fsp3) is 0.900. The van der Waals surface area contributed by atoms with E-state index < -0.39 is 12.0 Å². The van der Waals surface area contributed by atoms with Gasteiger partial charge in [0, 0.05) is 18.0 Å². The SMILES string of the molecule is [N-]=[N+]=NCCNC(C(=O)O)C1CCCCC1. The van der Waals surface area contributed by atoms with Gasteiger partial charge in [0.15, 0.2) is 0 Å². The predicted molar refractivity (Wildman–Crippen MR) is 60.0 cm³/mol. The molecule has 0 aromatic heterocycles. The van der Waals surface area contributed by atoms with Crippen molar-refractivity contribution in [1.29, 1.82) is 0 Å². The molecule has 1 aliphatic carbocycles. The highest BCUT2D eigenvalue weighted by molar-refractivity contribution is 5.73. The first-order valence-electron chi connectivity index (χ1n) is 5.72. The molecular weight excluding hydrogens is 208 g/mol. The maximum Gasteiger partial charge on any atom is 0.320 e. The fourth-order valence-corrected chi connectivity index (χ4v) is 2.24. The second-order valence-corrected chi connectivity index (χ2v) is 4.12. The number of azide groups is 1. The van der Waals surface area contributed by atoms with Gasteiger partial charge < -0.3 is 10.4 Å². The molecule has 90 valence electrons. The van der Waals surface area contributed by atoms with E-state index in [1.54, 1.807) is 0 Å². The molecule has 0 aliphatic heterocycles. The maximum absolute atomic E-state index is 11.1. The predicted octanol–water partition coefficient (Wildman–Crippen LogP) is 1.92. The first-order chi connectivity index (χ1) is 7.75. The van der Waals surface area contributed by atoms with Crippen LogP contribution in [0.1, 0.15) is 32.1 Å². The van der Waals surface area contributed by atoms with Gasteiger partial charge in [-0.3, -0.25) is 4.79 Å². The third-order valence-corrected chi connectivity index (χ3v) is 3.03. The lowest BCUT2D eigenvalue weighted by atomic mass is 9.84. The molecule has 0 bridgehead atoms. The van der Waals surface area contributed by atoms with Crippen molar-refractivity contribution >= 4 is 5.97 Å². The van der Waals surface area contributed by atoms with Crippen LogP contribution in [0.4, 0.5) is 0 Å². The topological polar surface area (TPSA) is 98.1 Å². The zero-order chi connectivity index (χ0) is 11.8. The summed E-state index contributed by atoms with van der Waals surface area (Å²) >= 11 is 0. The summed E-state index contributed by atoms with van der Waals surface area (Å²) in [6.07, 6.45) is 5.40. The molecule has 0 amide bonds. The molecule has 1 fully saturated rings. The Kier molecular flexibility index (Phi) is 5.67. The third-order valence-electron chi connectivity index (χ3n) is 3.03. The summed E-state index contributed by atoms with van der Waals surface area (Å²) in [5.74, 6) is -0.579. The van der Waals surface area contributed by atoms with E-state index in [-0.39, 0.29) is 5.92 Å². The number of rotatable bonds is 6. The van der Waals surface area contributed by atoms with Gasteiger partial charge in [-0.2, -0.15) is 0 Å². The van der Waals surface area contributed by atoms with Crippen molar-refractivity contribution in [2.45, 2.75) is 38.1 Å². The highest BCUT2D eigenvalue weighted by Crippen LogP contribution is 2.26. The Morgan fingerprint density at radius 2 is 2.19 bits per heavy atom. The summed E-state index contributed by atoms with van der Waals surface area (Å²) in [6, 6.07) is -0.491. The van der Waals surface area contributed by atoms with E-state index in [0.717, 1.165) is 25.7 Å². The molecule has 6 heteroatoms. The average Bonchev–Trinajstić information content (AvgIpc) is 2.30. The Balaban J connectivity index is 2.39. The van der Waals surface area contributed by atoms with Crippen molar-refractivity contribution < 1.29 is 9.90 Å². The Bertz CT molecular complexity index is 270. The Hall–Kier alpha value is -1.26. The number of nitrogens with zero attached hydrogens (tertiary/aromatic N) is 3. The minimum atomic E-state index is -0.798. The van der Waals surface area contributed by atoms with Gasteiger partial charge in [-0.25, -0.2) is 0 Å². The van der Waals surface area contributed by atoms with Gasteiger partial charge >= 0.3 is 5.97 Å². The van der Waals surface area contributed by atoms with E-state index in [0.29, 0.717) is 13.1 Å². The van der Waals surface area contributed by atoms with Gasteiger partial charge in [0.05, 0.1) is 0 Å². The van der Waals surface area contributed by atoms with Crippen LogP contribution < -0.4 is 5.32 Å². The Morgan fingerprint density at radius 3 is 2.75 bits per heavy atom. The molecular formula is C10H18N4O2. The monoisotopic (exact) mass is 226 g/mol. The van der Waals surface area contributed by atoms with Gasteiger partial charge in [0.2, 0.25) is 0 Å². The van der Waals surface area contributed by atoms with Crippen LogP contribution in [0.3, 0.4) is 0 Å². The second-order valence-electron chi connectivity index (χ2n) is 4.12. The van der Waals surface area contributed by atoms with Crippen LogP contribution >= 0.6 is 0 Å². The van der Waals surface area contributed by atoms with Gasteiger partial charge in [0.1, 0.15) is 6.04 Å². The van der Waals surface area contributed by atoms with Gasteiger partial charge in [0.25, 0.3) is 0 Å². The number of carboxylic acid groups (broad SMARTS) is 1.